The van der Waals surface area contributed by atoms with Crippen molar-refractivity contribution >= 4 is 23.4 Å². The summed E-state index contributed by atoms with van der Waals surface area (Å²) in [7, 11) is 1.49. The van der Waals surface area contributed by atoms with E-state index in [0.717, 1.165) is 18.4 Å². The Morgan fingerprint density at radius 3 is 2.56 bits per heavy atom. The smallest absolute Gasteiger partial charge is 0.247 e. The van der Waals surface area contributed by atoms with Gasteiger partial charge in [0.2, 0.25) is 11.8 Å². The minimum Gasteiger partial charge on any atom is -0.493 e. The van der Waals surface area contributed by atoms with E-state index in [0.29, 0.717) is 57.4 Å². The second-order valence-electron chi connectivity index (χ2n) is 12.3. The summed E-state index contributed by atoms with van der Waals surface area (Å²) in [4.78, 5) is 29.4. The van der Waals surface area contributed by atoms with Gasteiger partial charge in [0.15, 0.2) is 11.5 Å². The van der Waals surface area contributed by atoms with Crippen molar-refractivity contribution in [3.8, 4) is 11.5 Å². The molecule has 0 spiro atoms. The molecule has 4 aliphatic rings. The monoisotopic (exact) mass is 610 g/mol. The van der Waals surface area contributed by atoms with Crippen molar-refractivity contribution in [3.05, 3.63) is 69.8 Å². The summed E-state index contributed by atoms with van der Waals surface area (Å²) in [5.74, 6) is 1.20. The van der Waals surface area contributed by atoms with Crippen molar-refractivity contribution in [2.24, 2.45) is 17.8 Å². The molecule has 1 aliphatic heterocycles. The normalized spacial score (nSPS) is 28.5. The molecule has 9 nitrogen and oxygen atoms in total. The molecule has 2 aromatic carbocycles. The Morgan fingerprint density at radius 2 is 1.91 bits per heavy atom. The third kappa shape index (κ3) is 5.76. The molecule has 2 bridgehead atoms. The van der Waals surface area contributed by atoms with Gasteiger partial charge in [-0.2, -0.15) is 0 Å². The summed E-state index contributed by atoms with van der Waals surface area (Å²) >= 11 is 6.14. The van der Waals surface area contributed by atoms with Crippen molar-refractivity contribution in [2.75, 3.05) is 20.3 Å². The van der Waals surface area contributed by atoms with E-state index in [-0.39, 0.29) is 32.2 Å². The van der Waals surface area contributed by atoms with E-state index in [1.807, 2.05) is 12.1 Å². The number of amides is 2. The van der Waals surface area contributed by atoms with Gasteiger partial charge < -0.3 is 35.0 Å². The molecule has 0 aromatic heterocycles. The summed E-state index contributed by atoms with van der Waals surface area (Å²) in [6, 6.07) is 9.84. The van der Waals surface area contributed by atoms with E-state index in [2.05, 4.69) is 5.32 Å². The number of carbonyl (C=O) groups excluding carboxylic acids is 2. The van der Waals surface area contributed by atoms with Gasteiger partial charge in [-0.05, 0) is 78.5 Å². The maximum atomic E-state index is 14.2. The lowest BCUT2D eigenvalue weighted by molar-refractivity contribution is -0.139. The number of nitrogens with one attached hydrogen (secondary N) is 1. The Kier molecular flexibility index (Phi) is 8.69. The van der Waals surface area contributed by atoms with Crippen LogP contribution in [0.15, 0.2) is 48.0 Å². The zero-order valence-corrected chi connectivity index (χ0v) is 25.0. The first-order chi connectivity index (χ1) is 20.8. The zero-order valence-electron chi connectivity index (χ0n) is 24.2. The summed E-state index contributed by atoms with van der Waals surface area (Å²) in [6.07, 6.45) is 4.67. The summed E-state index contributed by atoms with van der Waals surface area (Å²) in [5.41, 5.74) is 2.38. The Hall–Kier alpha value is -3.11. The SMILES string of the molecule is COc1cc(CO)cc2c1OC1C2C(C(=O)NCCO)=CC(N(Cc2ccc(Cl)cc2)C(=O)CC2CC3CCC2C3)C1O. The molecular weight excluding hydrogens is 572 g/mol. The lowest BCUT2D eigenvalue weighted by atomic mass is 9.77. The first-order valence-corrected chi connectivity index (χ1v) is 15.5. The van der Waals surface area contributed by atoms with Gasteiger partial charge in [0, 0.05) is 35.7 Å². The molecule has 230 valence electrons. The molecule has 2 fully saturated rings. The van der Waals surface area contributed by atoms with Crippen LogP contribution >= 0.6 is 11.6 Å². The molecule has 6 rings (SSSR count). The minimum absolute atomic E-state index is 0.0478. The predicted octanol–water partition coefficient (Wildman–Crippen LogP) is 3.32. The van der Waals surface area contributed by atoms with Gasteiger partial charge in [-0.3, -0.25) is 9.59 Å². The highest BCUT2D eigenvalue weighted by atomic mass is 35.5. The third-order valence-electron chi connectivity index (χ3n) is 9.76. The van der Waals surface area contributed by atoms with Crippen LogP contribution in [0, 0.1) is 17.8 Å². The summed E-state index contributed by atoms with van der Waals surface area (Å²) in [6.45, 7) is -0.205. The van der Waals surface area contributed by atoms with E-state index in [9.17, 15) is 24.9 Å². The third-order valence-corrected chi connectivity index (χ3v) is 10.0. The number of hydrogen-bond donors (Lipinski definition) is 4. The first-order valence-electron chi connectivity index (χ1n) is 15.1. The van der Waals surface area contributed by atoms with Gasteiger partial charge >= 0.3 is 0 Å². The fourth-order valence-electron chi connectivity index (χ4n) is 7.73. The zero-order chi connectivity index (χ0) is 30.2. The van der Waals surface area contributed by atoms with Gasteiger partial charge in [0.05, 0.1) is 32.3 Å². The number of nitrogens with zero attached hydrogens (tertiary/aromatic N) is 1. The van der Waals surface area contributed by atoms with Crippen molar-refractivity contribution in [1.29, 1.82) is 0 Å². The number of carbonyl (C=O) groups is 2. The second kappa shape index (κ2) is 12.5. The molecule has 7 unspecified atom stereocenters. The summed E-state index contributed by atoms with van der Waals surface area (Å²) in [5, 5.41) is 34.6. The van der Waals surface area contributed by atoms with Crippen LogP contribution in [0.4, 0.5) is 0 Å². The van der Waals surface area contributed by atoms with Crippen LogP contribution in [0.5, 0.6) is 11.5 Å². The highest BCUT2D eigenvalue weighted by molar-refractivity contribution is 6.30. The lowest BCUT2D eigenvalue weighted by Gasteiger charge is -2.41. The van der Waals surface area contributed by atoms with Crippen molar-refractivity contribution in [3.63, 3.8) is 0 Å². The van der Waals surface area contributed by atoms with Gasteiger partial charge in [-0.25, -0.2) is 0 Å². The van der Waals surface area contributed by atoms with Gasteiger partial charge in [0.1, 0.15) is 12.2 Å². The lowest BCUT2D eigenvalue weighted by Crippen LogP contribution is -2.55. The average molecular weight is 611 g/mol. The predicted molar refractivity (Wildman–Crippen MR) is 160 cm³/mol. The molecule has 4 N–H and O–H groups in total. The number of benzene rings is 2. The minimum atomic E-state index is -1.16. The van der Waals surface area contributed by atoms with Crippen LogP contribution in [0.3, 0.4) is 0 Å². The quantitative estimate of drug-likeness (QED) is 0.325. The highest BCUT2D eigenvalue weighted by Crippen LogP contribution is 2.52. The first kappa shape index (κ1) is 29.9. The van der Waals surface area contributed by atoms with Crippen LogP contribution in [0.1, 0.15) is 54.7 Å². The topological polar surface area (TPSA) is 129 Å². The van der Waals surface area contributed by atoms with Crippen LogP contribution < -0.4 is 14.8 Å². The Labute approximate surface area is 256 Å². The number of hydrogen-bond acceptors (Lipinski definition) is 7. The molecule has 2 amide bonds. The molecule has 2 aromatic rings. The van der Waals surface area contributed by atoms with E-state index in [4.69, 9.17) is 21.1 Å². The number of rotatable bonds is 10. The Bertz CT molecular complexity index is 1400. The van der Waals surface area contributed by atoms with Crippen LogP contribution in [-0.4, -0.2) is 70.5 Å². The van der Waals surface area contributed by atoms with Crippen LogP contribution in [0.2, 0.25) is 5.02 Å². The van der Waals surface area contributed by atoms with Crippen molar-refractivity contribution < 1.29 is 34.4 Å². The van der Waals surface area contributed by atoms with E-state index in [1.165, 1.54) is 20.0 Å². The van der Waals surface area contributed by atoms with Gasteiger partial charge in [0.25, 0.3) is 0 Å². The number of fused-ring (bicyclic) bond motifs is 5. The number of methoxy groups -OCH3 is 1. The van der Waals surface area contributed by atoms with Gasteiger partial charge in [-0.15, -0.1) is 0 Å². The number of ether oxygens (including phenoxy) is 2. The van der Waals surface area contributed by atoms with Crippen molar-refractivity contribution in [1.82, 2.24) is 10.2 Å². The summed E-state index contributed by atoms with van der Waals surface area (Å²) < 4.78 is 11.9. The molecule has 7 atom stereocenters. The van der Waals surface area contributed by atoms with Crippen LogP contribution in [0.25, 0.3) is 0 Å². The van der Waals surface area contributed by atoms with E-state index < -0.39 is 30.1 Å². The highest BCUT2D eigenvalue weighted by Gasteiger charge is 2.52. The fourth-order valence-corrected chi connectivity index (χ4v) is 7.86. The Balaban J connectivity index is 1.39. The molecule has 2 saturated carbocycles. The fraction of sp³-hybridized carbons (Fsp3) is 0.515. The largest absolute Gasteiger partial charge is 0.493 e. The number of halogens is 1. The average Bonchev–Trinajstić information content (AvgIpc) is 3.74. The van der Waals surface area contributed by atoms with E-state index in [1.54, 1.807) is 35.2 Å². The molecule has 43 heavy (non-hydrogen) atoms. The number of aliphatic hydroxyl groups excluding tert-OH is 3. The maximum Gasteiger partial charge on any atom is 0.247 e. The van der Waals surface area contributed by atoms with Crippen LogP contribution in [-0.2, 0) is 22.7 Å². The van der Waals surface area contributed by atoms with Crippen molar-refractivity contribution in [2.45, 2.75) is 69.4 Å². The maximum absolute atomic E-state index is 14.2. The molecule has 0 saturated heterocycles. The molecule has 0 radical (unpaired) electrons. The number of aliphatic hydroxyl groups is 3. The Morgan fingerprint density at radius 1 is 1.12 bits per heavy atom. The molecular formula is C33H39ClN2O7. The molecule has 3 aliphatic carbocycles. The van der Waals surface area contributed by atoms with E-state index >= 15 is 0 Å². The van der Waals surface area contributed by atoms with Gasteiger partial charge in [-0.1, -0.05) is 30.2 Å². The molecule has 10 heteroatoms. The second-order valence-corrected chi connectivity index (χ2v) is 12.7. The standard InChI is InChI=1S/C33H39ClN2O7/c1-42-27-13-20(17-38)12-24-29-25(33(41)35-8-9-37)15-26(30(40)32(29)43-31(24)27)36(16-18-3-6-23(34)7-4-18)28(39)14-22-11-19-2-5-21(22)10-19/h3-4,6-7,12-13,15,19,21-22,26,29-30,32,37-38,40H,2,5,8-11,14,16-17H2,1H3,(H,35,41). The molecule has 1 heterocycles.